The van der Waals surface area contributed by atoms with E-state index in [4.69, 9.17) is 4.74 Å². The molecule has 0 aromatic heterocycles. The summed E-state index contributed by atoms with van der Waals surface area (Å²) in [5, 5.41) is 0. The van der Waals surface area contributed by atoms with E-state index >= 15 is 0 Å². The number of alkyl halides is 3. The van der Waals surface area contributed by atoms with Crippen LogP contribution < -0.4 is 0 Å². The van der Waals surface area contributed by atoms with E-state index < -0.39 is 11.7 Å². The third-order valence-electron chi connectivity index (χ3n) is 4.75. The largest absolute Gasteiger partial charge is 0.416 e. The smallest absolute Gasteiger partial charge is 0.368 e. The van der Waals surface area contributed by atoms with Crippen LogP contribution in [0.1, 0.15) is 29.5 Å². The number of carbonyl (C=O) groups excluding carboxylic acids is 1. The Bertz CT molecular complexity index is 756. The third kappa shape index (κ3) is 5.10. The van der Waals surface area contributed by atoms with Crippen molar-refractivity contribution in [1.82, 2.24) is 4.90 Å². The molecule has 1 saturated heterocycles. The minimum absolute atomic E-state index is 0.178. The van der Waals surface area contributed by atoms with Crippen molar-refractivity contribution in [2.75, 3.05) is 13.2 Å². The molecule has 6 heteroatoms. The molecule has 3 nitrogen and oxygen atoms in total. The zero-order chi connectivity index (χ0) is 19.3. The van der Waals surface area contributed by atoms with E-state index in [0.717, 1.165) is 51.1 Å². The maximum Gasteiger partial charge on any atom is 0.416 e. The van der Waals surface area contributed by atoms with Crippen LogP contribution >= 0.6 is 0 Å². The summed E-state index contributed by atoms with van der Waals surface area (Å²) in [6.07, 6.45) is -1.52. The van der Waals surface area contributed by atoms with E-state index in [1.54, 1.807) is 6.07 Å². The summed E-state index contributed by atoms with van der Waals surface area (Å²) < 4.78 is 40.8. The molecule has 4 rings (SSSR count). The molecule has 144 valence electrons. The second kappa shape index (κ2) is 8.57. The molecule has 27 heavy (non-hydrogen) atoms. The van der Waals surface area contributed by atoms with Gasteiger partial charge in [-0.2, -0.15) is 13.2 Å². The number of ether oxygens (including phenoxy) is 1. The quantitative estimate of drug-likeness (QED) is 0.735. The van der Waals surface area contributed by atoms with Crippen molar-refractivity contribution >= 4 is 5.91 Å². The first-order chi connectivity index (χ1) is 12.9. The lowest BCUT2D eigenvalue weighted by atomic mass is 9.99. The highest BCUT2D eigenvalue weighted by Crippen LogP contribution is 2.28. The Morgan fingerprint density at radius 2 is 1.67 bits per heavy atom. The molecule has 0 aliphatic carbocycles. The average Bonchev–Trinajstić information content (AvgIpc) is 3.22. The molecular formula is C21H22F3NO2. The number of hydrogen-bond donors (Lipinski definition) is 0. The first-order valence-corrected chi connectivity index (χ1v) is 9.04. The Balaban J connectivity index is 0.000000180. The van der Waals surface area contributed by atoms with E-state index in [0.29, 0.717) is 0 Å². The molecule has 1 amide bonds. The molecular weight excluding hydrogens is 355 g/mol. The van der Waals surface area contributed by atoms with Crippen molar-refractivity contribution in [2.24, 2.45) is 0 Å². The van der Waals surface area contributed by atoms with Gasteiger partial charge < -0.3 is 9.64 Å². The Morgan fingerprint density at radius 3 is 2.26 bits per heavy atom. The molecule has 0 radical (unpaired) electrons. The number of amides is 1. The van der Waals surface area contributed by atoms with Gasteiger partial charge in [0.15, 0.2) is 0 Å². The number of benzene rings is 2. The minimum Gasteiger partial charge on any atom is -0.368 e. The lowest BCUT2D eigenvalue weighted by molar-refractivity contribution is -0.142. The van der Waals surface area contributed by atoms with Gasteiger partial charge in [0.05, 0.1) is 5.56 Å². The fourth-order valence-corrected chi connectivity index (χ4v) is 3.29. The molecule has 0 unspecified atom stereocenters. The van der Waals surface area contributed by atoms with Crippen LogP contribution in [0.2, 0.25) is 0 Å². The van der Waals surface area contributed by atoms with Gasteiger partial charge in [-0.3, -0.25) is 4.79 Å². The molecule has 2 aliphatic heterocycles. The van der Waals surface area contributed by atoms with E-state index in [1.807, 2.05) is 11.0 Å². The summed E-state index contributed by atoms with van der Waals surface area (Å²) >= 11 is 0. The number of carbonyl (C=O) groups is 1. The van der Waals surface area contributed by atoms with Crippen LogP contribution in [0.5, 0.6) is 0 Å². The van der Waals surface area contributed by atoms with Crippen LogP contribution in [0.15, 0.2) is 54.6 Å². The molecule has 0 spiro atoms. The maximum atomic E-state index is 12.2. The SMILES string of the molecule is FC(F)(F)c1ccccc1.O=C([C@H]1CCCO1)N1CCc2ccccc2C1. The van der Waals surface area contributed by atoms with Gasteiger partial charge in [0, 0.05) is 19.7 Å². The third-order valence-corrected chi connectivity index (χ3v) is 4.75. The van der Waals surface area contributed by atoms with Gasteiger partial charge in [-0.1, -0.05) is 54.6 Å². The zero-order valence-electron chi connectivity index (χ0n) is 14.9. The van der Waals surface area contributed by atoms with Gasteiger partial charge in [-0.25, -0.2) is 0 Å². The second-order valence-corrected chi connectivity index (χ2v) is 6.64. The zero-order valence-corrected chi connectivity index (χ0v) is 14.9. The summed E-state index contributed by atoms with van der Waals surface area (Å²) in [5.74, 6) is 0.178. The maximum absolute atomic E-state index is 12.2. The minimum atomic E-state index is -4.21. The van der Waals surface area contributed by atoms with Crippen molar-refractivity contribution in [3.63, 3.8) is 0 Å². The molecule has 1 fully saturated rings. The summed E-state index contributed by atoms with van der Waals surface area (Å²) in [7, 11) is 0. The van der Waals surface area contributed by atoms with Crippen molar-refractivity contribution in [1.29, 1.82) is 0 Å². The highest BCUT2D eigenvalue weighted by atomic mass is 19.4. The van der Waals surface area contributed by atoms with Gasteiger partial charge in [0.25, 0.3) is 5.91 Å². The standard InChI is InChI=1S/C14H17NO2.C7H5F3/c16-14(13-6-3-9-17-13)15-8-7-11-4-1-2-5-12(11)10-15;8-7(9,10)6-4-2-1-3-5-6/h1-2,4-5,13H,3,6-10H2;1-5H/t13-;/m1./s1. The van der Waals surface area contributed by atoms with Crippen LogP contribution in [-0.2, 0) is 28.7 Å². The lowest BCUT2D eigenvalue weighted by Gasteiger charge is -2.30. The number of nitrogens with zero attached hydrogens (tertiary/aromatic N) is 1. The summed E-state index contributed by atoms with van der Waals surface area (Å²) in [4.78, 5) is 14.2. The topological polar surface area (TPSA) is 29.5 Å². The van der Waals surface area contributed by atoms with Crippen LogP contribution in [0, 0.1) is 0 Å². The first-order valence-electron chi connectivity index (χ1n) is 9.04. The normalized spacial score (nSPS) is 19.1. The average molecular weight is 377 g/mol. The van der Waals surface area contributed by atoms with Gasteiger partial charge in [0.1, 0.15) is 6.10 Å². The van der Waals surface area contributed by atoms with Crippen molar-refractivity contribution in [3.05, 3.63) is 71.3 Å². The summed E-state index contributed by atoms with van der Waals surface area (Å²) in [6, 6.07) is 14.7. The molecule has 0 N–H and O–H groups in total. The van der Waals surface area contributed by atoms with Crippen LogP contribution in [0.25, 0.3) is 0 Å². The number of hydrogen-bond acceptors (Lipinski definition) is 2. The number of rotatable bonds is 1. The number of fused-ring (bicyclic) bond motifs is 1. The van der Waals surface area contributed by atoms with E-state index in [1.165, 1.54) is 23.3 Å². The van der Waals surface area contributed by atoms with Crippen molar-refractivity contribution in [2.45, 2.75) is 38.1 Å². The Morgan fingerprint density at radius 1 is 1.00 bits per heavy atom. The van der Waals surface area contributed by atoms with Gasteiger partial charge >= 0.3 is 6.18 Å². The first kappa shape index (κ1) is 19.4. The second-order valence-electron chi connectivity index (χ2n) is 6.64. The van der Waals surface area contributed by atoms with Crippen LogP contribution in [0.4, 0.5) is 13.2 Å². The lowest BCUT2D eigenvalue weighted by Crippen LogP contribution is -2.41. The molecule has 1 atom stereocenters. The van der Waals surface area contributed by atoms with E-state index in [2.05, 4.69) is 18.2 Å². The fourth-order valence-electron chi connectivity index (χ4n) is 3.29. The molecule has 0 bridgehead atoms. The molecule has 0 saturated carbocycles. The van der Waals surface area contributed by atoms with Crippen LogP contribution in [0.3, 0.4) is 0 Å². The molecule has 2 aromatic rings. The van der Waals surface area contributed by atoms with Gasteiger partial charge in [-0.15, -0.1) is 0 Å². The summed E-state index contributed by atoms with van der Waals surface area (Å²) in [6.45, 7) is 2.31. The number of halogens is 3. The Hall–Kier alpha value is -2.34. The monoisotopic (exact) mass is 377 g/mol. The molecule has 2 heterocycles. The highest BCUT2D eigenvalue weighted by molar-refractivity contribution is 5.81. The Kier molecular flexibility index (Phi) is 6.16. The van der Waals surface area contributed by atoms with Crippen molar-refractivity contribution in [3.8, 4) is 0 Å². The molecule has 2 aliphatic rings. The molecule has 2 aromatic carbocycles. The van der Waals surface area contributed by atoms with E-state index in [9.17, 15) is 18.0 Å². The predicted octanol–water partition coefficient (Wildman–Crippen LogP) is 4.46. The van der Waals surface area contributed by atoms with Gasteiger partial charge in [-0.05, 0) is 30.4 Å². The summed E-state index contributed by atoms with van der Waals surface area (Å²) in [5.41, 5.74) is 2.06. The van der Waals surface area contributed by atoms with Crippen molar-refractivity contribution < 1.29 is 22.7 Å². The van der Waals surface area contributed by atoms with Crippen LogP contribution in [-0.4, -0.2) is 30.1 Å². The van der Waals surface area contributed by atoms with Gasteiger partial charge in [0.2, 0.25) is 0 Å². The fraction of sp³-hybridized carbons (Fsp3) is 0.381. The predicted molar refractivity (Wildman–Crippen MR) is 96.0 cm³/mol. The van der Waals surface area contributed by atoms with E-state index in [-0.39, 0.29) is 12.0 Å². The highest BCUT2D eigenvalue weighted by Gasteiger charge is 2.30. The Labute approximate surface area is 156 Å².